The maximum absolute atomic E-state index is 12.4. The van der Waals surface area contributed by atoms with Gasteiger partial charge in [0.2, 0.25) is 0 Å². The Balaban J connectivity index is 1.56. The van der Waals surface area contributed by atoms with E-state index >= 15 is 0 Å². The monoisotopic (exact) mass is 435 g/mol. The highest BCUT2D eigenvalue weighted by Crippen LogP contribution is 2.33. The maximum atomic E-state index is 12.4. The van der Waals surface area contributed by atoms with Crippen molar-refractivity contribution in [2.45, 2.75) is 26.1 Å². The first-order valence-corrected chi connectivity index (χ1v) is 9.36. The number of benzene rings is 2. The lowest BCUT2D eigenvalue weighted by Gasteiger charge is -2.13. The van der Waals surface area contributed by atoms with Gasteiger partial charge in [-0.2, -0.15) is 0 Å². The minimum atomic E-state index is -4.85. The largest absolute Gasteiger partial charge is 0.573 e. The molecule has 0 spiro atoms. The summed E-state index contributed by atoms with van der Waals surface area (Å²) in [6.07, 6.45) is -2.23. The van der Waals surface area contributed by atoms with Gasteiger partial charge in [0.05, 0.1) is 12.3 Å². The number of H-pyrrole nitrogens is 1. The molecule has 1 aromatic heterocycles. The highest BCUT2D eigenvalue weighted by atomic mass is 19.4. The minimum Gasteiger partial charge on any atom is -0.464 e. The summed E-state index contributed by atoms with van der Waals surface area (Å²) in [5, 5.41) is 0. The van der Waals surface area contributed by atoms with Gasteiger partial charge in [-0.05, 0) is 36.2 Å². The summed E-state index contributed by atoms with van der Waals surface area (Å²) in [6, 6.07) is 10.9. The van der Waals surface area contributed by atoms with E-state index < -0.39 is 12.1 Å². The van der Waals surface area contributed by atoms with Gasteiger partial charge >= 0.3 is 6.36 Å². The van der Waals surface area contributed by atoms with Crippen LogP contribution < -0.4 is 25.5 Å². The van der Waals surface area contributed by atoms with Gasteiger partial charge < -0.3 is 19.9 Å². The molecule has 0 saturated heterocycles. The van der Waals surface area contributed by atoms with Crippen molar-refractivity contribution in [2.24, 2.45) is 0 Å². The van der Waals surface area contributed by atoms with Crippen LogP contribution in [-0.4, -0.2) is 22.9 Å². The van der Waals surface area contributed by atoms with Crippen LogP contribution in [0.15, 0.2) is 53.5 Å². The van der Waals surface area contributed by atoms with E-state index in [9.17, 15) is 18.0 Å². The fourth-order valence-electron chi connectivity index (χ4n) is 2.65. The van der Waals surface area contributed by atoms with Crippen molar-refractivity contribution >= 4 is 5.69 Å². The van der Waals surface area contributed by atoms with E-state index in [-0.39, 0.29) is 23.0 Å². The summed E-state index contributed by atoms with van der Waals surface area (Å²) in [4.78, 5) is 18.4. The lowest BCUT2D eigenvalue weighted by Crippen LogP contribution is -2.18. The first-order valence-electron chi connectivity index (χ1n) is 9.36. The molecule has 31 heavy (non-hydrogen) atoms. The molecule has 2 aromatic carbocycles. The number of halogens is 3. The Kier molecular flexibility index (Phi) is 6.68. The Labute approximate surface area is 175 Å². The molecule has 0 unspecified atom stereocenters. The average molecular weight is 435 g/mol. The highest BCUT2D eigenvalue weighted by Gasteiger charge is 2.32. The van der Waals surface area contributed by atoms with Crippen LogP contribution >= 0.6 is 0 Å². The normalized spacial score (nSPS) is 11.2. The number of hydrogen-bond acceptors (Lipinski definition) is 6. The van der Waals surface area contributed by atoms with E-state index in [0.29, 0.717) is 30.8 Å². The van der Waals surface area contributed by atoms with Crippen LogP contribution in [0.3, 0.4) is 0 Å². The first kappa shape index (κ1) is 22.0. The molecule has 0 aliphatic carbocycles. The minimum absolute atomic E-state index is 0.148. The predicted molar refractivity (Wildman–Crippen MR) is 107 cm³/mol. The lowest BCUT2D eigenvalue weighted by molar-refractivity contribution is -0.274. The molecule has 3 N–H and O–H groups in total. The topological polar surface area (TPSA) is 99.5 Å². The van der Waals surface area contributed by atoms with Gasteiger partial charge in [-0.1, -0.05) is 19.1 Å². The molecule has 7 nitrogen and oxygen atoms in total. The van der Waals surface area contributed by atoms with Gasteiger partial charge in [0.1, 0.15) is 11.5 Å². The molecular weight excluding hydrogens is 415 g/mol. The molecule has 0 amide bonds. The predicted octanol–water partition coefficient (Wildman–Crippen LogP) is 4.23. The van der Waals surface area contributed by atoms with Crippen LogP contribution in [0, 0.1) is 0 Å². The van der Waals surface area contributed by atoms with E-state index in [2.05, 4.69) is 14.7 Å². The number of ether oxygens (including phenoxy) is 3. The standard InChI is InChI=1S/C21H20F3N3O4/c1-2-14-12-26-20(27-19(14)28)29-10-9-13-3-5-15(6-4-13)30-16-7-8-17(25)18(11-16)31-21(22,23)24/h3-8,11-12H,2,9-10,25H2,1H3,(H,26,27,28). The van der Waals surface area contributed by atoms with E-state index in [1.807, 2.05) is 6.92 Å². The number of aryl methyl sites for hydroxylation is 1. The number of hydrogen-bond donors (Lipinski definition) is 2. The third-order valence-electron chi connectivity index (χ3n) is 4.23. The molecular formula is C21H20F3N3O4. The zero-order valence-corrected chi connectivity index (χ0v) is 16.5. The number of rotatable bonds is 8. The van der Waals surface area contributed by atoms with Gasteiger partial charge in [0.15, 0.2) is 5.75 Å². The second-order valence-electron chi connectivity index (χ2n) is 6.49. The molecule has 0 aliphatic heterocycles. The highest BCUT2D eigenvalue weighted by molar-refractivity contribution is 5.56. The van der Waals surface area contributed by atoms with Crippen molar-refractivity contribution < 1.29 is 27.4 Å². The van der Waals surface area contributed by atoms with Crippen molar-refractivity contribution in [2.75, 3.05) is 12.3 Å². The van der Waals surface area contributed by atoms with Crippen LogP contribution in [0.2, 0.25) is 0 Å². The maximum Gasteiger partial charge on any atom is 0.573 e. The number of aromatic amines is 1. The number of nitrogen functional groups attached to an aromatic ring is 1. The molecule has 3 aromatic rings. The zero-order chi connectivity index (χ0) is 22.4. The molecule has 1 heterocycles. The van der Waals surface area contributed by atoms with Crippen LogP contribution in [0.25, 0.3) is 0 Å². The number of nitrogens with two attached hydrogens (primary N) is 1. The molecule has 10 heteroatoms. The number of anilines is 1. The molecule has 0 radical (unpaired) electrons. The molecule has 3 rings (SSSR count). The Morgan fingerprint density at radius 3 is 2.45 bits per heavy atom. The summed E-state index contributed by atoms with van der Waals surface area (Å²) in [5.74, 6) is 0.0426. The number of nitrogens with one attached hydrogen (secondary N) is 1. The zero-order valence-electron chi connectivity index (χ0n) is 16.5. The number of aromatic nitrogens is 2. The van der Waals surface area contributed by atoms with Crippen LogP contribution in [0.1, 0.15) is 18.1 Å². The molecule has 0 aliphatic rings. The molecule has 164 valence electrons. The summed E-state index contributed by atoms with van der Waals surface area (Å²) in [7, 11) is 0. The van der Waals surface area contributed by atoms with Gasteiger partial charge in [-0.15, -0.1) is 13.2 Å². The first-order chi connectivity index (χ1) is 14.7. The Morgan fingerprint density at radius 1 is 1.10 bits per heavy atom. The summed E-state index contributed by atoms with van der Waals surface area (Å²) < 4.78 is 52.2. The van der Waals surface area contributed by atoms with Gasteiger partial charge in [-0.25, -0.2) is 4.98 Å². The molecule has 0 bridgehead atoms. The Bertz CT molecular complexity index is 1080. The number of alkyl halides is 3. The van der Waals surface area contributed by atoms with Crippen LogP contribution in [0.4, 0.5) is 18.9 Å². The van der Waals surface area contributed by atoms with Gasteiger partial charge in [0, 0.05) is 24.2 Å². The SMILES string of the molecule is CCc1cnc(OCCc2ccc(Oc3ccc(N)c(OC(F)(F)F)c3)cc2)[nH]c1=O. The van der Waals surface area contributed by atoms with E-state index in [0.717, 1.165) is 11.6 Å². The third-order valence-corrected chi connectivity index (χ3v) is 4.23. The van der Waals surface area contributed by atoms with Crippen LogP contribution in [0.5, 0.6) is 23.3 Å². The lowest BCUT2D eigenvalue weighted by atomic mass is 10.1. The third kappa shape index (κ3) is 6.39. The fraction of sp³-hybridized carbons (Fsp3) is 0.238. The van der Waals surface area contributed by atoms with Crippen molar-refractivity contribution in [1.29, 1.82) is 0 Å². The molecule has 0 saturated carbocycles. The average Bonchev–Trinajstić information content (AvgIpc) is 2.71. The Morgan fingerprint density at radius 2 is 1.81 bits per heavy atom. The second-order valence-corrected chi connectivity index (χ2v) is 6.49. The molecule has 0 fully saturated rings. The van der Waals surface area contributed by atoms with E-state index in [4.69, 9.17) is 15.2 Å². The summed E-state index contributed by atoms with van der Waals surface area (Å²) in [5.41, 5.74) is 6.64. The summed E-state index contributed by atoms with van der Waals surface area (Å²) >= 11 is 0. The van der Waals surface area contributed by atoms with Crippen molar-refractivity contribution in [3.05, 3.63) is 70.1 Å². The quantitative estimate of drug-likeness (QED) is 0.514. The van der Waals surface area contributed by atoms with Crippen molar-refractivity contribution in [1.82, 2.24) is 9.97 Å². The van der Waals surface area contributed by atoms with Gasteiger partial charge in [-0.3, -0.25) is 9.78 Å². The summed E-state index contributed by atoms with van der Waals surface area (Å²) in [6.45, 7) is 2.16. The van der Waals surface area contributed by atoms with Gasteiger partial charge in [0.25, 0.3) is 11.6 Å². The van der Waals surface area contributed by atoms with Crippen LogP contribution in [-0.2, 0) is 12.8 Å². The van der Waals surface area contributed by atoms with Crippen molar-refractivity contribution in [3.8, 4) is 23.3 Å². The van der Waals surface area contributed by atoms with E-state index in [1.165, 1.54) is 18.3 Å². The number of nitrogens with zero attached hydrogens (tertiary/aromatic N) is 1. The van der Waals surface area contributed by atoms with E-state index in [1.54, 1.807) is 24.3 Å². The fourth-order valence-corrected chi connectivity index (χ4v) is 2.65. The second kappa shape index (κ2) is 9.41. The molecule has 0 atom stereocenters. The van der Waals surface area contributed by atoms with Crippen molar-refractivity contribution in [3.63, 3.8) is 0 Å². The smallest absolute Gasteiger partial charge is 0.464 e. The Hall–Kier alpha value is -3.69.